The van der Waals surface area contributed by atoms with Crippen LogP contribution in [0.4, 0.5) is 8.78 Å². The number of rotatable bonds is 4. The van der Waals surface area contributed by atoms with Gasteiger partial charge in [-0.25, -0.2) is 0 Å². The Labute approximate surface area is 99.8 Å². The monoisotopic (exact) mass is 241 g/mol. The van der Waals surface area contributed by atoms with E-state index < -0.39 is 6.61 Å². The number of benzene rings is 1. The molecule has 0 amide bonds. The number of nitrogens with two attached hydrogens (primary N) is 1. The molecule has 2 nitrogen and oxygen atoms in total. The van der Waals surface area contributed by atoms with Crippen molar-refractivity contribution in [1.29, 1.82) is 0 Å². The Bertz CT molecular complexity index is 389. The lowest BCUT2D eigenvalue weighted by Crippen LogP contribution is -2.05. The minimum absolute atomic E-state index is 0.200. The molecule has 1 fully saturated rings. The third-order valence-electron chi connectivity index (χ3n) is 3.77. The quantitative estimate of drug-likeness (QED) is 0.879. The van der Waals surface area contributed by atoms with Crippen molar-refractivity contribution in [3.05, 3.63) is 29.8 Å². The molecule has 2 N–H and O–H groups in total. The number of ether oxygens (including phenoxy) is 1. The van der Waals surface area contributed by atoms with Crippen LogP contribution in [0, 0.1) is 11.3 Å². The summed E-state index contributed by atoms with van der Waals surface area (Å²) in [5, 5.41) is 0. The molecule has 1 aliphatic carbocycles. The van der Waals surface area contributed by atoms with E-state index in [1.54, 1.807) is 12.1 Å². The molecule has 2 rings (SSSR count). The lowest BCUT2D eigenvalue weighted by atomic mass is 10.0. The van der Waals surface area contributed by atoms with Gasteiger partial charge in [-0.15, -0.1) is 0 Å². The number of alkyl halides is 2. The molecule has 1 aromatic carbocycles. The van der Waals surface area contributed by atoms with Gasteiger partial charge in [0, 0.05) is 0 Å². The molecule has 0 heterocycles. The van der Waals surface area contributed by atoms with E-state index in [0.717, 1.165) is 5.56 Å². The van der Waals surface area contributed by atoms with Gasteiger partial charge >= 0.3 is 6.61 Å². The lowest BCUT2D eigenvalue weighted by molar-refractivity contribution is -0.0498. The second-order valence-corrected chi connectivity index (χ2v) is 5.09. The Morgan fingerprint density at radius 3 is 2.29 bits per heavy atom. The van der Waals surface area contributed by atoms with Gasteiger partial charge in [-0.05, 0) is 41.5 Å². The summed E-state index contributed by atoms with van der Waals surface area (Å²) in [6.45, 7) is 2.25. The number of hydrogen-bond acceptors (Lipinski definition) is 2. The summed E-state index contributed by atoms with van der Waals surface area (Å²) in [5.41, 5.74) is 7.06. The van der Waals surface area contributed by atoms with Gasteiger partial charge in [-0.1, -0.05) is 26.0 Å². The summed E-state index contributed by atoms with van der Waals surface area (Å²) in [7, 11) is 0. The minimum atomic E-state index is -2.77. The molecule has 0 aromatic heterocycles. The second-order valence-electron chi connectivity index (χ2n) is 5.09. The molecule has 1 aliphatic rings. The van der Waals surface area contributed by atoms with Gasteiger partial charge in [0.25, 0.3) is 0 Å². The SMILES string of the molecule is CC1(C)C(CN)C1c1ccc(OC(F)F)cc1. The molecule has 4 heteroatoms. The van der Waals surface area contributed by atoms with E-state index in [-0.39, 0.29) is 11.2 Å². The van der Waals surface area contributed by atoms with E-state index >= 15 is 0 Å². The highest BCUT2D eigenvalue weighted by Crippen LogP contribution is 2.63. The first-order chi connectivity index (χ1) is 7.96. The average Bonchev–Trinajstić information content (AvgIpc) is 2.81. The van der Waals surface area contributed by atoms with Crippen LogP contribution in [-0.2, 0) is 0 Å². The van der Waals surface area contributed by atoms with Crippen LogP contribution in [0.5, 0.6) is 5.75 Å². The van der Waals surface area contributed by atoms with Crippen molar-refractivity contribution in [2.24, 2.45) is 17.1 Å². The zero-order chi connectivity index (χ0) is 12.6. The van der Waals surface area contributed by atoms with Gasteiger partial charge in [-0.3, -0.25) is 0 Å². The fraction of sp³-hybridized carbons (Fsp3) is 0.538. The van der Waals surface area contributed by atoms with Crippen molar-refractivity contribution in [1.82, 2.24) is 0 Å². The third-order valence-corrected chi connectivity index (χ3v) is 3.77. The zero-order valence-electron chi connectivity index (χ0n) is 9.99. The first-order valence-electron chi connectivity index (χ1n) is 5.71. The van der Waals surface area contributed by atoms with Gasteiger partial charge in [0.15, 0.2) is 0 Å². The van der Waals surface area contributed by atoms with E-state index in [4.69, 9.17) is 5.73 Å². The summed E-state index contributed by atoms with van der Waals surface area (Å²) in [6, 6.07) is 6.87. The Kier molecular flexibility index (Phi) is 3.08. The average molecular weight is 241 g/mol. The van der Waals surface area contributed by atoms with E-state index in [2.05, 4.69) is 18.6 Å². The molecule has 0 aliphatic heterocycles. The minimum Gasteiger partial charge on any atom is -0.435 e. The van der Waals surface area contributed by atoms with Crippen molar-refractivity contribution in [3.8, 4) is 5.75 Å². The van der Waals surface area contributed by atoms with E-state index in [9.17, 15) is 8.78 Å². The standard InChI is InChI=1S/C13H17F2NO/c1-13(2)10(7-16)11(13)8-3-5-9(6-4-8)17-12(14)15/h3-6,10-12H,7,16H2,1-2H3. The molecule has 17 heavy (non-hydrogen) atoms. The van der Waals surface area contributed by atoms with Gasteiger partial charge in [-0.2, -0.15) is 8.78 Å². The number of hydrogen-bond donors (Lipinski definition) is 1. The first-order valence-corrected chi connectivity index (χ1v) is 5.71. The molecule has 0 bridgehead atoms. The van der Waals surface area contributed by atoms with Crippen LogP contribution in [0.25, 0.3) is 0 Å². The topological polar surface area (TPSA) is 35.2 Å². The largest absolute Gasteiger partial charge is 0.435 e. The predicted molar refractivity (Wildman–Crippen MR) is 62.1 cm³/mol. The third kappa shape index (κ3) is 2.27. The normalized spacial score (nSPS) is 26.0. The van der Waals surface area contributed by atoms with Crippen LogP contribution in [0.2, 0.25) is 0 Å². The molecular formula is C13H17F2NO. The maximum Gasteiger partial charge on any atom is 0.387 e. The maximum absolute atomic E-state index is 12.0. The molecule has 1 saturated carbocycles. The van der Waals surface area contributed by atoms with E-state index in [0.29, 0.717) is 18.4 Å². The summed E-state index contributed by atoms with van der Waals surface area (Å²) in [6.07, 6.45) is 0. The Morgan fingerprint density at radius 2 is 1.88 bits per heavy atom. The summed E-state index contributed by atoms with van der Waals surface area (Å²) >= 11 is 0. The maximum atomic E-state index is 12.0. The number of halogens is 2. The van der Waals surface area contributed by atoms with Crippen molar-refractivity contribution in [3.63, 3.8) is 0 Å². The molecular weight excluding hydrogens is 224 g/mol. The fourth-order valence-corrected chi connectivity index (χ4v) is 2.70. The van der Waals surface area contributed by atoms with Gasteiger partial charge < -0.3 is 10.5 Å². The molecule has 94 valence electrons. The molecule has 0 radical (unpaired) electrons. The van der Waals surface area contributed by atoms with Crippen molar-refractivity contribution < 1.29 is 13.5 Å². The predicted octanol–water partition coefficient (Wildman–Crippen LogP) is 2.99. The fourth-order valence-electron chi connectivity index (χ4n) is 2.70. The van der Waals surface area contributed by atoms with E-state index in [1.165, 1.54) is 0 Å². The Hall–Kier alpha value is -1.16. The van der Waals surface area contributed by atoms with Crippen molar-refractivity contribution in [2.45, 2.75) is 26.4 Å². The molecule has 0 saturated heterocycles. The lowest BCUT2D eigenvalue weighted by Gasteiger charge is -2.06. The Balaban J connectivity index is 2.09. The Morgan fingerprint density at radius 1 is 1.29 bits per heavy atom. The highest BCUT2D eigenvalue weighted by atomic mass is 19.3. The highest BCUT2D eigenvalue weighted by Gasteiger charge is 2.57. The molecule has 1 aromatic rings. The summed E-state index contributed by atoms with van der Waals surface area (Å²) < 4.78 is 28.3. The van der Waals surface area contributed by atoms with Crippen LogP contribution < -0.4 is 10.5 Å². The summed E-state index contributed by atoms with van der Waals surface area (Å²) in [5.74, 6) is 1.10. The van der Waals surface area contributed by atoms with Crippen LogP contribution in [0.3, 0.4) is 0 Å². The second kappa shape index (κ2) is 4.26. The van der Waals surface area contributed by atoms with Gasteiger partial charge in [0.1, 0.15) is 5.75 Å². The van der Waals surface area contributed by atoms with Crippen molar-refractivity contribution >= 4 is 0 Å². The summed E-state index contributed by atoms with van der Waals surface area (Å²) in [4.78, 5) is 0. The highest BCUT2D eigenvalue weighted by molar-refractivity contribution is 5.36. The molecule has 2 atom stereocenters. The van der Waals surface area contributed by atoms with Gasteiger partial charge in [0.05, 0.1) is 0 Å². The van der Waals surface area contributed by atoms with Gasteiger partial charge in [0.2, 0.25) is 0 Å². The van der Waals surface area contributed by atoms with E-state index in [1.807, 2.05) is 12.1 Å². The van der Waals surface area contributed by atoms with Crippen LogP contribution in [-0.4, -0.2) is 13.2 Å². The van der Waals surface area contributed by atoms with Crippen LogP contribution >= 0.6 is 0 Å². The smallest absolute Gasteiger partial charge is 0.387 e. The molecule has 0 spiro atoms. The van der Waals surface area contributed by atoms with Crippen molar-refractivity contribution in [2.75, 3.05) is 6.54 Å². The van der Waals surface area contributed by atoms with Crippen LogP contribution in [0.1, 0.15) is 25.3 Å². The first kappa shape index (κ1) is 12.3. The molecule has 2 unspecified atom stereocenters. The zero-order valence-corrected chi connectivity index (χ0v) is 9.99. The van der Waals surface area contributed by atoms with Crippen LogP contribution in [0.15, 0.2) is 24.3 Å².